The summed E-state index contributed by atoms with van der Waals surface area (Å²) in [5, 5.41) is 31.6. The molecule has 0 heterocycles. The largest absolute Gasteiger partial charge is 0.544 e. The topological polar surface area (TPSA) is 115 Å². The minimum Gasteiger partial charge on any atom is -0.544 e. The van der Waals surface area contributed by atoms with Crippen LogP contribution in [-0.4, -0.2) is 57.3 Å². The van der Waals surface area contributed by atoms with E-state index in [1.54, 1.807) is 20.8 Å². The molecule has 0 rings (SSSR count). The number of carboxylic acids is 3. The van der Waals surface area contributed by atoms with Crippen LogP contribution in [0.3, 0.4) is 0 Å². The Bertz CT molecular complexity index is 476. The molecule has 162 valence electrons. The van der Waals surface area contributed by atoms with Gasteiger partial charge >= 0.3 is 11.9 Å². The Morgan fingerprint density at radius 3 is 1.64 bits per heavy atom. The summed E-state index contributed by atoms with van der Waals surface area (Å²) in [6.45, 7) is 7.20. The van der Waals surface area contributed by atoms with Gasteiger partial charge in [-0.2, -0.15) is 0 Å². The van der Waals surface area contributed by atoms with Gasteiger partial charge in [0.05, 0.1) is 12.5 Å². The van der Waals surface area contributed by atoms with E-state index < -0.39 is 40.5 Å². The van der Waals surface area contributed by atoms with Crippen molar-refractivity contribution < 1.29 is 34.2 Å². The van der Waals surface area contributed by atoms with Crippen LogP contribution >= 0.6 is 0 Å². The van der Waals surface area contributed by atoms with Gasteiger partial charge in [0.1, 0.15) is 6.04 Å². The van der Waals surface area contributed by atoms with E-state index in [0.29, 0.717) is 6.42 Å². The summed E-state index contributed by atoms with van der Waals surface area (Å²) < 4.78 is -0.518. The van der Waals surface area contributed by atoms with E-state index in [1.807, 2.05) is 12.2 Å². The highest BCUT2D eigenvalue weighted by atomic mass is 16.4. The number of hydrogen-bond acceptors (Lipinski definition) is 4. The fourth-order valence-corrected chi connectivity index (χ4v) is 4.31. The third-order valence-electron chi connectivity index (χ3n) is 5.57. The molecule has 7 nitrogen and oxygen atoms in total. The van der Waals surface area contributed by atoms with Gasteiger partial charge in [0.15, 0.2) is 12.1 Å². The molecule has 0 spiro atoms. The summed E-state index contributed by atoms with van der Waals surface area (Å²) >= 11 is 0. The van der Waals surface area contributed by atoms with Crippen molar-refractivity contribution in [1.82, 2.24) is 0 Å². The number of carbonyl (C=O) groups is 3. The summed E-state index contributed by atoms with van der Waals surface area (Å²) in [6, 6.07) is -3.45. The third kappa shape index (κ3) is 6.62. The number of carboxylic acid groups (broad SMARTS) is 3. The van der Waals surface area contributed by atoms with E-state index >= 15 is 0 Å². The molecule has 0 saturated heterocycles. The van der Waals surface area contributed by atoms with Gasteiger partial charge in [-0.15, -0.1) is 0 Å². The summed E-state index contributed by atoms with van der Waals surface area (Å²) in [5.74, 6) is -3.74. The van der Waals surface area contributed by atoms with Crippen molar-refractivity contribution in [3.8, 4) is 0 Å². The van der Waals surface area contributed by atoms with Crippen molar-refractivity contribution in [3.63, 3.8) is 0 Å². The van der Waals surface area contributed by atoms with E-state index in [9.17, 15) is 29.7 Å². The van der Waals surface area contributed by atoms with Crippen LogP contribution in [-0.2, 0) is 14.4 Å². The first-order chi connectivity index (χ1) is 13.2. The summed E-state index contributed by atoms with van der Waals surface area (Å²) in [6.07, 6.45) is 8.93. The van der Waals surface area contributed by atoms with E-state index in [-0.39, 0.29) is 25.8 Å². The van der Waals surface area contributed by atoms with Crippen molar-refractivity contribution in [2.24, 2.45) is 0 Å². The zero-order valence-electron chi connectivity index (χ0n) is 17.7. The second kappa shape index (κ2) is 13.3. The van der Waals surface area contributed by atoms with Gasteiger partial charge in [0, 0.05) is 25.7 Å². The van der Waals surface area contributed by atoms with Crippen LogP contribution in [0.15, 0.2) is 12.2 Å². The fourth-order valence-electron chi connectivity index (χ4n) is 4.31. The number of quaternary nitrogens is 1. The maximum atomic E-state index is 12.0. The second-order valence-corrected chi connectivity index (χ2v) is 7.24. The number of allylic oxidation sites excluding steroid dienone is 1. The molecule has 0 aromatic carbocycles. The molecular weight excluding hydrogens is 362 g/mol. The molecule has 28 heavy (non-hydrogen) atoms. The normalized spacial score (nSPS) is 17.0. The minimum atomic E-state index is -1.39. The Labute approximate surface area is 168 Å². The van der Waals surface area contributed by atoms with E-state index in [2.05, 4.69) is 6.92 Å². The third-order valence-corrected chi connectivity index (χ3v) is 5.57. The molecule has 2 N–H and O–H groups in total. The maximum absolute atomic E-state index is 12.0. The molecular formula is C21H37NO6. The Hall–Kier alpha value is -1.89. The number of aliphatic carboxylic acids is 3. The van der Waals surface area contributed by atoms with Gasteiger partial charge in [-0.05, 0) is 12.8 Å². The summed E-state index contributed by atoms with van der Waals surface area (Å²) in [5.41, 5.74) is 0. The molecule has 0 saturated carbocycles. The lowest BCUT2D eigenvalue weighted by Crippen LogP contribution is -2.73. The summed E-state index contributed by atoms with van der Waals surface area (Å²) in [4.78, 5) is 36.0. The Balaban J connectivity index is 6.06. The average Bonchev–Trinajstić information content (AvgIpc) is 2.61. The summed E-state index contributed by atoms with van der Waals surface area (Å²) in [7, 11) is 0. The van der Waals surface area contributed by atoms with Crippen LogP contribution in [0.1, 0.15) is 79.1 Å². The van der Waals surface area contributed by atoms with E-state index in [0.717, 1.165) is 25.7 Å². The fraction of sp³-hybridized carbons (Fsp3) is 0.762. The molecule has 3 atom stereocenters. The number of carbonyl (C=O) groups excluding carboxylic acids is 1. The van der Waals surface area contributed by atoms with Crippen LogP contribution < -0.4 is 5.11 Å². The van der Waals surface area contributed by atoms with Crippen molar-refractivity contribution >= 4 is 17.9 Å². The van der Waals surface area contributed by atoms with Crippen molar-refractivity contribution in [1.29, 1.82) is 0 Å². The van der Waals surface area contributed by atoms with Crippen LogP contribution in [0.5, 0.6) is 0 Å². The van der Waals surface area contributed by atoms with E-state index in [4.69, 9.17) is 0 Å². The zero-order chi connectivity index (χ0) is 21.7. The Kier molecular flexibility index (Phi) is 12.4. The SMILES string of the molecule is CCCCC/C=C/CC[N+](C(CC)C(=O)[O-])(C(CC)C(=O)O)C(CC)C(=O)O. The molecule has 0 bridgehead atoms. The predicted molar refractivity (Wildman–Crippen MR) is 106 cm³/mol. The highest BCUT2D eigenvalue weighted by Gasteiger charge is 2.53. The molecule has 0 radical (unpaired) electrons. The minimum absolute atomic E-state index is 0.107. The first kappa shape index (κ1) is 26.1. The van der Waals surface area contributed by atoms with Crippen molar-refractivity contribution in [3.05, 3.63) is 12.2 Å². The predicted octanol–water partition coefficient (Wildman–Crippen LogP) is 2.58. The molecule has 0 aliphatic carbocycles. The highest BCUT2D eigenvalue weighted by molar-refractivity contribution is 5.77. The van der Waals surface area contributed by atoms with Crippen LogP contribution in [0.4, 0.5) is 0 Å². The van der Waals surface area contributed by atoms with Gasteiger partial charge < -0.3 is 20.1 Å². The van der Waals surface area contributed by atoms with Gasteiger partial charge in [-0.3, -0.25) is 4.48 Å². The number of nitrogens with zero attached hydrogens (tertiary/aromatic N) is 1. The lowest BCUT2D eigenvalue weighted by Gasteiger charge is -2.51. The number of hydrogen-bond donors (Lipinski definition) is 2. The number of unbranched alkanes of at least 4 members (excludes halogenated alkanes) is 3. The van der Waals surface area contributed by atoms with Crippen LogP contribution in [0, 0.1) is 0 Å². The molecule has 0 aliphatic heterocycles. The molecule has 0 fully saturated rings. The van der Waals surface area contributed by atoms with Crippen molar-refractivity contribution in [2.45, 2.75) is 97.2 Å². The Morgan fingerprint density at radius 2 is 1.29 bits per heavy atom. The van der Waals surface area contributed by atoms with Crippen LogP contribution in [0.25, 0.3) is 0 Å². The molecule has 0 amide bonds. The maximum Gasteiger partial charge on any atom is 0.362 e. The Morgan fingerprint density at radius 1 is 0.821 bits per heavy atom. The molecule has 7 heteroatoms. The van der Waals surface area contributed by atoms with Gasteiger partial charge in [0.25, 0.3) is 0 Å². The smallest absolute Gasteiger partial charge is 0.362 e. The van der Waals surface area contributed by atoms with E-state index in [1.165, 1.54) is 0 Å². The monoisotopic (exact) mass is 399 g/mol. The molecule has 3 unspecified atom stereocenters. The first-order valence-corrected chi connectivity index (χ1v) is 10.4. The van der Waals surface area contributed by atoms with Crippen LogP contribution in [0.2, 0.25) is 0 Å². The average molecular weight is 400 g/mol. The second-order valence-electron chi connectivity index (χ2n) is 7.24. The van der Waals surface area contributed by atoms with Gasteiger partial charge in [-0.25, -0.2) is 9.59 Å². The first-order valence-electron chi connectivity index (χ1n) is 10.4. The molecule has 0 aromatic heterocycles. The molecule has 0 aromatic rings. The highest BCUT2D eigenvalue weighted by Crippen LogP contribution is 2.31. The molecule has 0 aliphatic rings. The lowest BCUT2D eigenvalue weighted by molar-refractivity contribution is -0.974. The standard InChI is InChI=1S/C21H37NO6/c1-5-9-10-11-12-13-14-15-22(16(6-2)19(23)24,17(7-3)20(25)26)18(8-4)21(27)28/h12-13,16-18H,5-11,14-15H2,1-4H3,(H2-,23,24,25,26,27,28)/b13-12+. The quantitative estimate of drug-likeness (QED) is 0.234. The van der Waals surface area contributed by atoms with Gasteiger partial charge in [-0.1, -0.05) is 52.7 Å². The lowest BCUT2D eigenvalue weighted by atomic mass is 9.94. The zero-order valence-corrected chi connectivity index (χ0v) is 17.7. The van der Waals surface area contributed by atoms with Gasteiger partial charge in [0.2, 0.25) is 0 Å². The van der Waals surface area contributed by atoms with Crippen molar-refractivity contribution in [2.75, 3.05) is 6.54 Å². The number of rotatable bonds is 16.